The highest BCUT2D eigenvalue weighted by molar-refractivity contribution is 7.18. The zero-order valence-electron chi connectivity index (χ0n) is 13.1. The summed E-state index contributed by atoms with van der Waals surface area (Å²) in [5, 5.41) is 5.41. The van der Waals surface area contributed by atoms with Gasteiger partial charge in [-0.05, 0) is 44.4 Å². The van der Waals surface area contributed by atoms with Crippen LogP contribution in [0.15, 0.2) is 29.6 Å². The lowest BCUT2D eigenvalue weighted by atomic mass is 10.1. The van der Waals surface area contributed by atoms with Crippen molar-refractivity contribution in [3.63, 3.8) is 0 Å². The fourth-order valence-electron chi connectivity index (χ4n) is 2.33. The molecule has 0 saturated carbocycles. The summed E-state index contributed by atoms with van der Waals surface area (Å²) in [4.78, 5) is 10.9. The molecule has 0 saturated heterocycles. The molecule has 2 heterocycles. The third-order valence-electron chi connectivity index (χ3n) is 3.77. The van der Waals surface area contributed by atoms with Gasteiger partial charge in [-0.15, -0.1) is 11.3 Å². The van der Waals surface area contributed by atoms with Crippen LogP contribution in [0, 0.1) is 27.7 Å². The Kier molecular flexibility index (Phi) is 3.90. The fourth-order valence-corrected chi connectivity index (χ4v) is 3.33. The van der Waals surface area contributed by atoms with Crippen molar-refractivity contribution in [2.24, 2.45) is 5.10 Å². The first-order chi connectivity index (χ1) is 10.6. The molecule has 5 heteroatoms. The molecule has 3 rings (SSSR count). The molecular weight excluding hydrogens is 292 g/mol. The fraction of sp³-hybridized carbons (Fsp3) is 0.235. The van der Waals surface area contributed by atoms with Crippen molar-refractivity contribution in [3.8, 4) is 0 Å². The van der Waals surface area contributed by atoms with Crippen molar-refractivity contribution < 1.29 is 0 Å². The predicted octanol–water partition coefficient (Wildman–Crippen LogP) is 4.37. The molecule has 1 aromatic carbocycles. The number of thiophene rings is 1. The third kappa shape index (κ3) is 2.72. The van der Waals surface area contributed by atoms with Crippen LogP contribution in [-0.2, 0) is 0 Å². The first-order valence-corrected chi connectivity index (χ1v) is 7.95. The Morgan fingerprint density at radius 3 is 2.77 bits per heavy atom. The number of benzene rings is 1. The molecule has 0 aliphatic heterocycles. The number of nitrogens with zero attached hydrogens (tertiary/aromatic N) is 3. The standard InChI is InChI=1S/C17H18N4S/c1-10-5-6-11(2)14(7-10)8-20-21-16-15-12(3)13(4)22-17(15)19-9-18-16/h5-9H,1-4H3,(H,18,19,21)/b20-8+. The van der Waals surface area contributed by atoms with E-state index in [4.69, 9.17) is 0 Å². The van der Waals surface area contributed by atoms with Gasteiger partial charge in [0.1, 0.15) is 11.2 Å². The van der Waals surface area contributed by atoms with Gasteiger partial charge in [-0.25, -0.2) is 9.97 Å². The number of hydrogen-bond donors (Lipinski definition) is 1. The van der Waals surface area contributed by atoms with Crippen LogP contribution in [0.5, 0.6) is 0 Å². The molecule has 0 amide bonds. The number of hydrogen-bond acceptors (Lipinski definition) is 5. The van der Waals surface area contributed by atoms with Gasteiger partial charge in [-0.3, -0.25) is 5.43 Å². The van der Waals surface area contributed by atoms with Crippen molar-refractivity contribution in [2.45, 2.75) is 27.7 Å². The lowest BCUT2D eigenvalue weighted by molar-refractivity contribution is 1.19. The molecule has 1 N–H and O–H groups in total. The summed E-state index contributed by atoms with van der Waals surface area (Å²) in [6.07, 6.45) is 3.41. The number of hydrazone groups is 1. The van der Waals surface area contributed by atoms with E-state index in [0.717, 1.165) is 21.6 Å². The van der Waals surface area contributed by atoms with Gasteiger partial charge in [0.05, 0.1) is 11.6 Å². The first-order valence-electron chi connectivity index (χ1n) is 7.13. The van der Waals surface area contributed by atoms with Crippen molar-refractivity contribution in [1.29, 1.82) is 0 Å². The first kappa shape index (κ1) is 14.7. The summed E-state index contributed by atoms with van der Waals surface area (Å²) in [5.74, 6) is 0.758. The van der Waals surface area contributed by atoms with Crippen LogP contribution in [-0.4, -0.2) is 16.2 Å². The number of nitrogens with one attached hydrogen (secondary N) is 1. The third-order valence-corrected chi connectivity index (χ3v) is 4.89. The molecule has 0 spiro atoms. The molecule has 2 aromatic heterocycles. The summed E-state index contributed by atoms with van der Waals surface area (Å²) in [7, 11) is 0. The van der Waals surface area contributed by atoms with Crippen LogP contribution in [0.1, 0.15) is 27.1 Å². The quantitative estimate of drug-likeness (QED) is 0.577. The van der Waals surface area contributed by atoms with E-state index in [1.54, 1.807) is 17.7 Å². The Balaban J connectivity index is 1.91. The van der Waals surface area contributed by atoms with Crippen molar-refractivity contribution in [2.75, 3.05) is 5.43 Å². The van der Waals surface area contributed by atoms with E-state index in [2.05, 4.69) is 66.4 Å². The normalized spacial score (nSPS) is 11.5. The maximum atomic E-state index is 4.35. The molecule has 0 unspecified atom stereocenters. The molecule has 3 aromatic rings. The van der Waals surface area contributed by atoms with Gasteiger partial charge in [0.2, 0.25) is 0 Å². The summed E-state index contributed by atoms with van der Waals surface area (Å²) >= 11 is 1.68. The van der Waals surface area contributed by atoms with Gasteiger partial charge in [0.15, 0.2) is 5.82 Å². The van der Waals surface area contributed by atoms with Gasteiger partial charge in [-0.2, -0.15) is 5.10 Å². The molecular formula is C17H18N4S. The highest BCUT2D eigenvalue weighted by Crippen LogP contribution is 2.32. The number of anilines is 1. The minimum Gasteiger partial charge on any atom is -0.261 e. The Morgan fingerprint density at radius 2 is 1.95 bits per heavy atom. The van der Waals surface area contributed by atoms with Crippen molar-refractivity contribution in [1.82, 2.24) is 9.97 Å². The maximum absolute atomic E-state index is 4.35. The molecule has 0 fully saturated rings. The molecule has 0 bridgehead atoms. The van der Waals surface area contributed by atoms with Crippen LogP contribution >= 0.6 is 11.3 Å². The summed E-state index contributed by atoms with van der Waals surface area (Å²) in [5.41, 5.74) is 7.81. The molecule has 22 heavy (non-hydrogen) atoms. The van der Waals surface area contributed by atoms with E-state index in [1.807, 2.05) is 6.21 Å². The van der Waals surface area contributed by atoms with E-state index in [0.29, 0.717) is 0 Å². The largest absolute Gasteiger partial charge is 0.261 e. The van der Waals surface area contributed by atoms with Gasteiger partial charge in [0, 0.05) is 4.88 Å². The zero-order chi connectivity index (χ0) is 15.7. The van der Waals surface area contributed by atoms with Gasteiger partial charge in [0.25, 0.3) is 0 Å². The summed E-state index contributed by atoms with van der Waals surface area (Å²) < 4.78 is 0. The number of aromatic nitrogens is 2. The average molecular weight is 310 g/mol. The van der Waals surface area contributed by atoms with E-state index in [-0.39, 0.29) is 0 Å². The highest BCUT2D eigenvalue weighted by atomic mass is 32.1. The average Bonchev–Trinajstić information content (AvgIpc) is 2.79. The van der Waals surface area contributed by atoms with Gasteiger partial charge >= 0.3 is 0 Å². The maximum Gasteiger partial charge on any atom is 0.158 e. The molecule has 0 radical (unpaired) electrons. The van der Waals surface area contributed by atoms with E-state index >= 15 is 0 Å². The zero-order valence-corrected chi connectivity index (χ0v) is 14.0. The second kappa shape index (κ2) is 5.85. The van der Waals surface area contributed by atoms with E-state index in [9.17, 15) is 0 Å². The molecule has 0 atom stereocenters. The van der Waals surface area contributed by atoms with E-state index in [1.165, 1.54) is 21.6 Å². The highest BCUT2D eigenvalue weighted by Gasteiger charge is 2.11. The monoisotopic (exact) mass is 310 g/mol. The second-order valence-electron chi connectivity index (χ2n) is 5.42. The van der Waals surface area contributed by atoms with Crippen LogP contribution < -0.4 is 5.43 Å². The minimum atomic E-state index is 0.758. The van der Waals surface area contributed by atoms with Crippen molar-refractivity contribution >= 4 is 33.6 Å². The molecule has 4 nitrogen and oxygen atoms in total. The van der Waals surface area contributed by atoms with Gasteiger partial charge in [-0.1, -0.05) is 23.8 Å². The Morgan fingerprint density at radius 1 is 1.14 bits per heavy atom. The Bertz CT molecular complexity index is 864. The van der Waals surface area contributed by atoms with Crippen LogP contribution in [0.2, 0.25) is 0 Å². The van der Waals surface area contributed by atoms with E-state index < -0.39 is 0 Å². The lowest BCUT2D eigenvalue weighted by Gasteiger charge is -2.03. The summed E-state index contributed by atoms with van der Waals surface area (Å²) in [6, 6.07) is 6.33. The second-order valence-corrected chi connectivity index (χ2v) is 6.62. The SMILES string of the molecule is Cc1ccc(C)c(/C=N/Nc2ncnc3sc(C)c(C)c23)c1. The molecule has 0 aliphatic rings. The van der Waals surface area contributed by atoms with Gasteiger partial charge < -0.3 is 0 Å². The van der Waals surface area contributed by atoms with Crippen LogP contribution in [0.4, 0.5) is 5.82 Å². The number of fused-ring (bicyclic) bond motifs is 1. The van der Waals surface area contributed by atoms with Crippen molar-refractivity contribution in [3.05, 3.63) is 51.7 Å². The predicted molar refractivity (Wildman–Crippen MR) is 94.0 cm³/mol. The smallest absolute Gasteiger partial charge is 0.158 e. The summed E-state index contributed by atoms with van der Waals surface area (Å²) in [6.45, 7) is 8.35. The molecule has 0 aliphatic carbocycles. The Hall–Kier alpha value is -2.27. The topological polar surface area (TPSA) is 50.2 Å². The number of aryl methyl sites for hydroxylation is 4. The van der Waals surface area contributed by atoms with Crippen LogP contribution in [0.25, 0.3) is 10.2 Å². The van der Waals surface area contributed by atoms with Crippen LogP contribution in [0.3, 0.4) is 0 Å². The number of rotatable bonds is 3. The minimum absolute atomic E-state index is 0.758. The lowest BCUT2D eigenvalue weighted by Crippen LogP contribution is -1.96. The Labute approximate surface area is 133 Å². The molecule has 112 valence electrons.